The second kappa shape index (κ2) is 9.67. The highest BCUT2D eigenvalue weighted by Gasteiger charge is 2.24. The Hall–Kier alpha value is -2.68. The van der Waals surface area contributed by atoms with Crippen LogP contribution in [0.25, 0.3) is 10.1 Å². The SMILES string of the molecule is CCN(c1ccc2sc(C(=O)N[C@@H](C)c3ccccc3)cc2c1)S(=O)(=O)c1ccc(Br)cc1. The number of anilines is 1. The highest BCUT2D eigenvalue weighted by Crippen LogP contribution is 2.32. The lowest BCUT2D eigenvalue weighted by Gasteiger charge is -2.23. The number of thiophene rings is 1. The van der Waals surface area contributed by atoms with Crippen LogP contribution in [0.2, 0.25) is 0 Å². The number of hydrogen-bond acceptors (Lipinski definition) is 4. The molecule has 0 aliphatic rings. The molecule has 0 aliphatic heterocycles. The number of amides is 1. The molecule has 1 aromatic heterocycles. The van der Waals surface area contributed by atoms with Gasteiger partial charge in [-0.15, -0.1) is 11.3 Å². The van der Waals surface area contributed by atoms with E-state index < -0.39 is 10.0 Å². The van der Waals surface area contributed by atoms with Gasteiger partial charge in [-0.1, -0.05) is 46.3 Å². The van der Waals surface area contributed by atoms with Crippen LogP contribution < -0.4 is 9.62 Å². The van der Waals surface area contributed by atoms with E-state index in [1.807, 2.05) is 55.5 Å². The van der Waals surface area contributed by atoms with Gasteiger partial charge in [-0.2, -0.15) is 0 Å². The van der Waals surface area contributed by atoms with Crippen LogP contribution in [-0.2, 0) is 10.0 Å². The lowest BCUT2D eigenvalue weighted by atomic mass is 10.1. The van der Waals surface area contributed by atoms with Crippen molar-refractivity contribution in [2.24, 2.45) is 0 Å². The maximum Gasteiger partial charge on any atom is 0.264 e. The molecule has 1 N–H and O–H groups in total. The summed E-state index contributed by atoms with van der Waals surface area (Å²) in [5.74, 6) is -0.149. The van der Waals surface area contributed by atoms with Crippen molar-refractivity contribution in [1.29, 1.82) is 0 Å². The molecule has 3 aromatic carbocycles. The fraction of sp³-hybridized carbons (Fsp3) is 0.160. The smallest absolute Gasteiger partial charge is 0.264 e. The summed E-state index contributed by atoms with van der Waals surface area (Å²) in [6.45, 7) is 4.04. The van der Waals surface area contributed by atoms with Crippen molar-refractivity contribution >= 4 is 59.0 Å². The van der Waals surface area contributed by atoms with E-state index in [0.717, 1.165) is 20.1 Å². The molecule has 1 heterocycles. The molecule has 170 valence electrons. The van der Waals surface area contributed by atoms with Gasteiger partial charge in [0.2, 0.25) is 0 Å². The minimum absolute atomic E-state index is 0.119. The summed E-state index contributed by atoms with van der Waals surface area (Å²) in [5.41, 5.74) is 1.60. The van der Waals surface area contributed by atoms with Crippen molar-refractivity contribution < 1.29 is 13.2 Å². The summed E-state index contributed by atoms with van der Waals surface area (Å²) >= 11 is 4.73. The van der Waals surface area contributed by atoms with E-state index in [2.05, 4.69) is 21.2 Å². The summed E-state index contributed by atoms with van der Waals surface area (Å²) in [6, 6.07) is 23.6. The van der Waals surface area contributed by atoms with Crippen LogP contribution in [0.4, 0.5) is 5.69 Å². The largest absolute Gasteiger partial charge is 0.345 e. The van der Waals surface area contributed by atoms with Crippen molar-refractivity contribution in [3.8, 4) is 0 Å². The number of carbonyl (C=O) groups is 1. The third kappa shape index (κ3) is 4.98. The lowest BCUT2D eigenvalue weighted by Crippen LogP contribution is -2.30. The van der Waals surface area contributed by atoms with Gasteiger partial charge in [0.25, 0.3) is 15.9 Å². The van der Waals surface area contributed by atoms with E-state index in [0.29, 0.717) is 10.6 Å². The number of hydrogen-bond donors (Lipinski definition) is 1. The number of carbonyl (C=O) groups excluding carboxylic acids is 1. The molecule has 0 fully saturated rings. The maximum absolute atomic E-state index is 13.2. The summed E-state index contributed by atoms with van der Waals surface area (Å²) in [7, 11) is -3.71. The Balaban J connectivity index is 1.60. The second-order valence-electron chi connectivity index (χ2n) is 7.56. The van der Waals surface area contributed by atoms with E-state index in [-0.39, 0.29) is 23.4 Å². The van der Waals surface area contributed by atoms with E-state index in [4.69, 9.17) is 0 Å². The molecule has 0 saturated carbocycles. The standard InChI is InChI=1S/C25H23BrN2O3S2/c1-3-28(33(30,31)22-12-9-20(26)10-13-22)21-11-14-23-19(15-21)16-24(32-23)25(29)27-17(2)18-7-5-4-6-8-18/h4-17H,3H2,1-2H3,(H,27,29)/t17-/m0/s1. The van der Waals surface area contributed by atoms with Gasteiger partial charge in [0.15, 0.2) is 0 Å². The van der Waals surface area contributed by atoms with Crippen LogP contribution in [0.1, 0.15) is 35.1 Å². The molecule has 8 heteroatoms. The monoisotopic (exact) mass is 542 g/mol. The van der Waals surface area contributed by atoms with Gasteiger partial charge in [0.1, 0.15) is 0 Å². The molecule has 0 spiro atoms. The Morgan fingerprint density at radius 2 is 1.73 bits per heavy atom. The molecule has 33 heavy (non-hydrogen) atoms. The summed E-state index contributed by atoms with van der Waals surface area (Å²) in [4.78, 5) is 13.7. The predicted octanol–water partition coefficient (Wildman–Crippen LogP) is 6.37. The topological polar surface area (TPSA) is 66.5 Å². The number of sulfonamides is 1. The molecular weight excluding hydrogens is 520 g/mol. The van der Waals surface area contributed by atoms with Crippen molar-refractivity contribution in [2.45, 2.75) is 24.8 Å². The summed E-state index contributed by atoms with van der Waals surface area (Å²) in [5, 5.41) is 3.87. The van der Waals surface area contributed by atoms with Gasteiger partial charge in [0.05, 0.1) is 21.5 Å². The van der Waals surface area contributed by atoms with E-state index in [9.17, 15) is 13.2 Å². The minimum atomic E-state index is -3.71. The van der Waals surface area contributed by atoms with Gasteiger partial charge < -0.3 is 5.32 Å². The van der Waals surface area contributed by atoms with Gasteiger partial charge in [0, 0.05) is 15.7 Å². The molecule has 0 unspecified atom stereocenters. The Kier molecular flexibility index (Phi) is 6.88. The zero-order chi connectivity index (χ0) is 23.6. The summed E-state index contributed by atoms with van der Waals surface area (Å²) < 4.78 is 29.6. The molecular formula is C25H23BrN2O3S2. The fourth-order valence-electron chi connectivity index (χ4n) is 3.62. The van der Waals surface area contributed by atoms with Crippen LogP contribution in [0.3, 0.4) is 0 Å². The van der Waals surface area contributed by atoms with Crippen LogP contribution >= 0.6 is 27.3 Å². The first kappa shape index (κ1) is 23.5. The fourth-order valence-corrected chi connectivity index (χ4v) is 6.29. The Bertz CT molecular complexity index is 1380. The number of nitrogens with one attached hydrogen (secondary N) is 1. The van der Waals surface area contributed by atoms with Gasteiger partial charge in [-0.25, -0.2) is 8.42 Å². The number of nitrogens with zero attached hydrogens (tertiary/aromatic N) is 1. The Morgan fingerprint density at radius 3 is 2.39 bits per heavy atom. The van der Waals surface area contributed by atoms with E-state index in [1.54, 1.807) is 37.3 Å². The third-order valence-corrected chi connectivity index (χ3v) is 8.91. The van der Waals surface area contributed by atoms with Crippen LogP contribution in [0.5, 0.6) is 0 Å². The van der Waals surface area contributed by atoms with Crippen LogP contribution in [0, 0.1) is 0 Å². The van der Waals surface area contributed by atoms with Crippen molar-refractivity contribution in [1.82, 2.24) is 5.32 Å². The van der Waals surface area contributed by atoms with Crippen LogP contribution in [0.15, 0.2) is 88.2 Å². The average Bonchev–Trinajstić information content (AvgIpc) is 3.24. The molecule has 1 atom stereocenters. The Morgan fingerprint density at radius 1 is 1.03 bits per heavy atom. The maximum atomic E-state index is 13.2. The van der Waals surface area contributed by atoms with Crippen LogP contribution in [-0.4, -0.2) is 20.9 Å². The summed E-state index contributed by atoms with van der Waals surface area (Å²) in [6.07, 6.45) is 0. The van der Waals surface area contributed by atoms with E-state index >= 15 is 0 Å². The first-order valence-corrected chi connectivity index (χ1v) is 13.5. The van der Waals surface area contributed by atoms with Gasteiger partial charge in [-0.05, 0) is 73.3 Å². The molecule has 5 nitrogen and oxygen atoms in total. The lowest BCUT2D eigenvalue weighted by molar-refractivity contribution is 0.0944. The zero-order valence-corrected chi connectivity index (χ0v) is 21.4. The predicted molar refractivity (Wildman–Crippen MR) is 138 cm³/mol. The first-order valence-electron chi connectivity index (χ1n) is 10.5. The molecule has 4 rings (SSSR count). The minimum Gasteiger partial charge on any atom is -0.345 e. The molecule has 0 aliphatic carbocycles. The molecule has 1 amide bonds. The quantitative estimate of drug-likeness (QED) is 0.295. The number of halogens is 1. The number of benzene rings is 3. The number of fused-ring (bicyclic) bond motifs is 1. The molecule has 0 bridgehead atoms. The highest BCUT2D eigenvalue weighted by molar-refractivity contribution is 9.10. The Labute approximate surface area is 206 Å². The molecule has 0 saturated heterocycles. The van der Waals surface area contributed by atoms with Crippen molar-refractivity contribution in [3.63, 3.8) is 0 Å². The molecule has 0 radical (unpaired) electrons. The second-order valence-corrected chi connectivity index (χ2v) is 11.4. The number of rotatable bonds is 7. The zero-order valence-electron chi connectivity index (χ0n) is 18.2. The van der Waals surface area contributed by atoms with Gasteiger partial charge in [-0.3, -0.25) is 9.10 Å². The van der Waals surface area contributed by atoms with Crippen molar-refractivity contribution in [3.05, 3.63) is 93.8 Å². The third-order valence-electron chi connectivity index (χ3n) is 5.35. The first-order chi connectivity index (χ1) is 15.8. The highest BCUT2D eigenvalue weighted by atomic mass is 79.9. The normalized spacial score (nSPS) is 12.5. The van der Waals surface area contributed by atoms with Gasteiger partial charge >= 0.3 is 0 Å². The van der Waals surface area contributed by atoms with Crippen molar-refractivity contribution in [2.75, 3.05) is 10.8 Å². The van der Waals surface area contributed by atoms with E-state index in [1.165, 1.54) is 15.6 Å². The average molecular weight is 544 g/mol. The molecule has 4 aromatic rings.